The van der Waals surface area contributed by atoms with Crippen molar-refractivity contribution < 1.29 is 0 Å². The van der Waals surface area contributed by atoms with Crippen LogP contribution in [0.3, 0.4) is 0 Å². The van der Waals surface area contributed by atoms with Crippen LogP contribution < -0.4 is 11.5 Å². The van der Waals surface area contributed by atoms with Crippen LogP contribution in [0.1, 0.15) is 134 Å². The van der Waals surface area contributed by atoms with Crippen molar-refractivity contribution in [2.75, 3.05) is 11.5 Å². The van der Waals surface area contributed by atoms with Gasteiger partial charge in [0.15, 0.2) is 0 Å². The lowest BCUT2D eigenvalue weighted by molar-refractivity contribution is 0.123. The molecule has 0 bridgehead atoms. The normalized spacial score (nSPS) is 19.3. The zero-order valence-corrected chi connectivity index (χ0v) is 23.3. The fourth-order valence-electron chi connectivity index (χ4n) is 7.53. The molecule has 0 heterocycles. The summed E-state index contributed by atoms with van der Waals surface area (Å²) in [6, 6.07) is 13.5. The second-order valence-corrected chi connectivity index (χ2v) is 12.4. The summed E-state index contributed by atoms with van der Waals surface area (Å²) in [7, 11) is 0. The van der Waals surface area contributed by atoms with Gasteiger partial charge < -0.3 is 11.5 Å². The van der Waals surface area contributed by atoms with Crippen LogP contribution in [0.5, 0.6) is 0 Å². The molecule has 4 N–H and O–H groups in total. The Balaban J connectivity index is 1.61. The van der Waals surface area contributed by atoms with Crippen LogP contribution >= 0.6 is 0 Å². The molecule has 2 aliphatic carbocycles. The molecule has 0 atom stereocenters. The molecule has 0 spiro atoms. The Kier molecular flexibility index (Phi) is 9.42. The summed E-state index contributed by atoms with van der Waals surface area (Å²) in [6.45, 7) is 4.35. The van der Waals surface area contributed by atoms with Crippen LogP contribution in [0, 0.1) is 12.3 Å². The summed E-state index contributed by atoms with van der Waals surface area (Å²) >= 11 is 0. The van der Waals surface area contributed by atoms with E-state index in [4.69, 9.17) is 11.5 Å². The maximum Gasteiger partial charge on any atom is 0.0370 e. The highest BCUT2D eigenvalue weighted by molar-refractivity contribution is 5.78. The van der Waals surface area contributed by atoms with Crippen molar-refractivity contribution >= 4 is 11.4 Å². The van der Waals surface area contributed by atoms with Crippen molar-refractivity contribution in [2.24, 2.45) is 5.41 Å². The summed E-state index contributed by atoms with van der Waals surface area (Å²) in [5.41, 5.74) is 20.4. The highest BCUT2D eigenvalue weighted by Gasteiger charge is 2.39. The van der Waals surface area contributed by atoms with Crippen LogP contribution in [-0.4, -0.2) is 0 Å². The van der Waals surface area contributed by atoms with Gasteiger partial charge in [0.2, 0.25) is 0 Å². The first-order chi connectivity index (χ1) is 17.5. The Morgan fingerprint density at radius 3 is 1.97 bits per heavy atom. The number of hydrogen-bond donors (Lipinski definition) is 2. The molecule has 2 heteroatoms. The van der Waals surface area contributed by atoms with Gasteiger partial charge in [-0.05, 0) is 97.1 Å². The molecule has 2 saturated carbocycles. The van der Waals surface area contributed by atoms with E-state index in [1.807, 2.05) is 6.92 Å². The van der Waals surface area contributed by atoms with E-state index in [9.17, 15) is 0 Å². The minimum absolute atomic E-state index is 0.288. The molecular weight excluding hydrogens is 436 g/mol. The molecule has 2 nitrogen and oxygen atoms in total. The Morgan fingerprint density at radius 2 is 1.31 bits per heavy atom. The molecule has 2 aromatic rings. The average Bonchev–Trinajstić information content (AvgIpc) is 2.91. The van der Waals surface area contributed by atoms with E-state index in [1.54, 1.807) is 5.56 Å². The largest absolute Gasteiger partial charge is 0.398 e. The van der Waals surface area contributed by atoms with E-state index in [-0.39, 0.29) is 5.41 Å². The SMILES string of the molecule is CCCCCCCC1(CCC2(c3ccccc3-c3cc(N)c(C)c(N)c3)CCCCC2)CCCCC1. The number of unbranched alkanes of at least 4 members (excludes halogenated alkanes) is 4. The van der Waals surface area contributed by atoms with E-state index in [0.29, 0.717) is 5.41 Å². The number of nitrogen functional groups attached to an aromatic ring is 2. The van der Waals surface area contributed by atoms with Crippen molar-refractivity contribution in [3.8, 4) is 11.1 Å². The maximum atomic E-state index is 6.39. The van der Waals surface area contributed by atoms with Gasteiger partial charge in [0.05, 0.1) is 0 Å². The number of benzene rings is 2. The van der Waals surface area contributed by atoms with Crippen molar-refractivity contribution in [3.63, 3.8) is 0 Å². The molecule has 4 rings (SSSR count). The topological polar surface area (TPSA) is 52.0 Å². The van der Waals surface area contributed by atoms with Crippen LogP contribution in [-0.2, 0) is 5.41 Å². The highest BCUT2D eigenvalue weighted by Crippen LogP contribution is 2.52. The number of anilines is 2. The van der Waals surface area contributed by atoms with Gasteiger partial charge in [-0.3, -0.25) is 0 Å². The third-order valence-electron chi connectivity index (χ3n) is 9.97. The number of hydrogen-bond acceptors (Lipinski definition) is 2. The zero-order chi connectivity index (χ0) is 25.4. The zero-order valence-electron chi connectivity index (χ0n) is 23.3. The molecule has 2 fully saturated rings. The summed E-state index contributed by atoms with van der Waals surface area (Å²) in [4.78, 5) is 0. The maximum absolute atomic E-state index is 6.39. The Bertz CT molecular complexity index is 940. The molecule has 0 unspecified atom stereocenters. The van der Waals surface area contributed by atoms with Gasteiger partial charge in [0.1, 0.15) is 0 Å². The van der Waals surface area contributed by atoms with Gasteiger partial charge >= 0.3 is 0 Å². The summed E-state index contributed by atoms with van der Waals surface area (Å²) in [6.07, 6.45) is 25.3. The third kappa shape index (κ3) is 6.29. The highest BCUT2D eigenvalue weighted by atomic mass is 14.6. The molecule has 0 radical (unpaired) electrons. The molecule has 0 aliphatic heterocycles. The van der Waals surface area contributed by atoms with E-state index in [0.717, 1.165) is 16.9 Å². The van der Waals surface area contributed by atoms with Crippen molar-refractivity contribution in [3.05, 3.63) is 47.5 Å². The smallest absolute Gasteiger partial charge is 0.0370 e. The molecule has 36 heavy (non-hydrogen) atoms. The minimum Gasteiger partial charge on any atom is -0.398 e. The second kappa shape index (κ2) is 12.5. The molecule has 0 saturated heterocycles. The van der Waals surface area contributed by atoms with E-state index >= 15 is 0 Å². The predicted molar refractivity (Wildman–Crippen MR) is 158 cm³/mol. The van der Waals surface area contributed by atoms with Gasteiger partial charge in [-0.2, -0.15) is 0 Å². The van der Waals surface area contributed by atoms with Gasteiger partial charge in [0, 0.05) is 11.4 Å². The number of nitrogens with two attached hydrogens (primary N) is 2. The van der Waals surface area contributed by atoms with E-state index in [1.165, 1.54) is 127 Å². The Labute approximate surface area is 221 Å². The first-order valence-corrected chi connectivity index (χ1v) is 15.2. The summed E-state index contributed by atoms with van der Waals surface area (Å²) in [5.74, 6) is 0. The standard InChI is InChI=1S/C34H52N2/c1-3-4-5-6-11-18-33(19-12-7-13-20-33)23-24-34(21-14-8-15-22-34)30-17-10-9-16-29(30)28-25-31(35)27(2)32(36)26-28/h9-10,16-17,25-26H,3-8,11-15,18-24,35-36H2,1-2H3. The third-order valence-corrected chi connectivity index (χ3v) is 9.97. The quantitative estimate of drug-likeness (QED) is 0.244. The van der Waals surface area contributed by atoms with Gasteiger partial charge in [-0.15, -0.1) is 0 Å². The van der Waals surface area contributed by atoms with Gasteiger partial charge in [0.25, 0.3) is 0 Å². The van der Waals surface area contributed by atoms with Crippen molar-refractivity contribution in [1.82, 2.24) is 0 Å². The monoisotopic (exact) mass is 488 g/mol. The van der Waals surface area contributed by atoms with Crippen LogP contribution in [0.15, 0.2) is 36.4 Å². The van der Waals surface area contributed by atoms with Crippen LogP contribution in [0.4, 0.5) is 11.4 Å². The lowest BCUT2D eigenvalue weighted by atomic mass is 9.60. The first kappa shape index (κ1) is 27.1. The molecule has 0 aromatic heterocycles. The lowest BCUT2D eigenvalue weighted by Crippen LogP contribution is -2.33. The lowest BCUT2D eigenvalue weighted by Gasteiger charge is -2.44. The van der Waals surface area contributed by atoms with Crippen LogP contribution in [0.2, 0.25) is 0 Å². The number of rotatable bonds is 11. The predicted octanol–water partition coefficient (Wildman–Crippen LogP) is 10.1. The van der Waals surface area contributed by atoms with Gasteiger partial charge in [-0.25, -0.2) is 0 Å². The molecule has 2 aliphatic rings. The van der Waals surface area contributed by atoms with Crippen molar-refractivity contribution in [1.29, 1.82) is 0 Å². The van der Waals surface area contributed by atoms with Crippen molar-refractivity contribution in [2.45, 2.75) is 135 Å². The summed E-state index contributed by atoms with van der Waals surface area (Å²) in [5, 5.41) is 0. The van der Waals surface area contributed by atoms with E-state index in [2.05, 4.69) is 43.3 Å². The molecule has 2 aromatic carbocycles. The first-order valence-electron chi connectivity index (χ1n) is 15.2. The second-order valence-electron chi connectivity index (χ2n) is 12.4. The summed E-state index contributed by atoms with van der Waals surface area (Å²) < 4.78 is 0. The Morgan fingerprint density at radius 1 is 0.694 bits per heavy atom. The minimum atomic E-state index is 0.288. The van der Waals surface area contributed by atoms with Crippen LogP contribution in [0.25, 0.3) is 11.1 Å². The van der Waals surface area contributed by atoms with E-state index < -0.39 is 0 Å². The Hall–Kier alpha value is -1.96. The average molecular weight is 489 g/mol. The fraction of sp³-hybridized carbons (Fsp3) is 0.647. The molecule has 198 valence electrons. The molecular formula is C34H52N2. The molecule has 0 amide bonds. The fourth-order valence-corrected chi connectivity index (χ4v) is 7.53. The van der Waals surface area contributed by atoms with Gasteiger partial charge in [-0.1, -0.05) is 102 Å².